The van der Waals surface area contributed by atoms with Crippen LogP contribution in [0.2, 0.25) is 0 Å². The van der Waals surface area contributed by atoms with Crippen LogP contribution in [0.25, 0.3) is 0 Å². The third kappa shape index (κ3) is 2.93. The van der Waals surface area contributed by atoms with Gasteiger partial charge in [-0.3, -0.25) is 0 Å². The van der Waals surface area contributed by atoms with Gasteiger partial charge in [-0.15, -0.1) is 0 Å². The monoisotopic (exact) mass is 280 g/mol. The van der Waals surface area contributed by atoms with E-state index in [9.17, 15) is 8.78 Å². The van der Waals surface area contributed by atoms with Crippen LogP contribution >= 0.6 is 0 Å². The maximum atomic E-state index is 13.6. The van der Waals surface area contributed by atoms with E-state index < -0.39 is 11.6 Å². The van der Waals surface area contributed by atoms with Crippen LogP contribution in [0.4, 0.5) is 14.7 Å². The predicted molar refractivity (Wildman–Crippen MR) is 71.9 cm³/mol. The Morgan fingerprint density at radius 1 is 1.45 bits per heavy atom. The van der Waals surface area contributed by atoms with E-state index in [4.69, 9.17) is 10.5 Å². The highest BCUT2D eigenvalue weighted by molar-refractivity contribution is 5.83. The Hall–Kier alpha value is -2.44. The Balaban J connectivity index is 2.39. The summed E-state index contributed by atoms with van der Waals surface area (Å²) in [5.74, 6) is -1.34. The number of nitrogens with two attached hydrogens (primary N) is 1. The maximum absolute atomic E-state index is 13.6. The normalized spacial score (nSPS) is 11.2. The summed E-state index contributed by atoms with van der Waals surface area (Å²) in [4.78, 5) is 3.96. The number of rotatable bonds is 4. The number of benzene rings is 1. The smallest absolute Gasteiger partial charge is 0.221 e. The number of hydrogen-bond acceptors (Lipinski definition) is 4. The fraction of sp³-hybridized carbons (Fsp3) is 0.231. The summed E-state index contributed by atoms with van der Waals surface area (Å²) in [5, 5.41) is 4.01. The minimum Gasteiger partial charge on any atom is -0.490 e. The number of halogens is 2. The van der Waals surface area contributed by atoms with E-state index in [0.29, 0.717) is 5.69 Å². The molecule has 0 saturated carbocycles. The first-order valence-corrected chi connectivity index (χ1v) is 5.99. The quantitative estimate of drug-likeness (QED) is 0.874. The van der Waals surface area contributed by atoms with Gasteiger partial charge in [0, 0.05) is 11.6 Å². The van der Waals surface area contributed by atoms with Crippen LogP contribution < -0.4 is 10.5 Å². The molecule has 7 heteroatoms. The fourth-order valence-electron chi connectivity index (χ4n) is 1.69. The first-order chi connectivity index (χ1) is 9.51. The van der Waals surface area contributed by atoms with Crippen molar-refractivity contribution in [2.45, 2.75) is 13.8 Å². The van der Waals surface area contributed by atoms with Gasteiger partial charge in [-0.05, 0) is 19.9 Å². The molecule has 0 spiro atoms. The molecular formula is C13H14F2N4O. The Morgan fingerprint density at radius 3 is 2.80 bits per heavy atom. The highest BCUT2D eigenvalue weighted by Gasteiger charge is 2.11. The van der Waals surface area contributed by atoms with Crippen LogP contribution in [0, 0.1) is 18.6 Å². The van der Waals surface area contributed by atoms with Crippen LogP contribution in [0.3, 0.4) is 0 Å². The molecule has 0 amide bonds. The van der Waals surface area contributed by atoms with E-state index in [0.717, 1.165) is 12.1 Å². The first kappa shape index (κ1) is 14.0. The maximum Gasteiger partial charge on any atom is 0.221 e. The van der Waals surface area contributed by atoms with Crippen molar-refractivity contribution in [3.63, 3.8) is 0 Å². The molecule has 5 nitrogen and oxygen atoms in total. The summed E-state index contributed by atoms with van der Waals surface area (Å²) in [6.45, 7) is 3.73. The van der Waals surface area contributed by atoms with Gasteiger partial charge < -0.3 is 10.5 Å². The number of imidazole rings is 1. The van der Waals surface area contributed by atoms with Crippen LogP contribution in [0.1, 0.15) is 18.2 Å². The summed E-state index contributed by atoms with van der Waals surface area (Å²) < 4.78 is 33.4. The molecule has 2 rings (SSSR count). The number of nitrogen functional groups attached to an aromatic ring is 1. The summed E-state index contributed by atoms with van der Waals surface area (Å²) >= 11 is 0. The van der Waals surface area contributed by atoms with Gasteiger partial charge in [-0.1, -0.05) is 0 Å². The zero-order valence-electron chi connectivity index (χ0n) is 11.1. The van der Waals surface area contributed by atoms with Crippen molar-refractivity contribution in [2.24, 2.45) is 5.10 Å². The average molecular weight is 280 g/mol. The number of nitrogens with zero attached hydrogens (tertiary/aromatic N) is 3. The van der Waals surface area contributed by atoms with Gasteiger partial charge in [0.15, 0.2) is 11.6 Å². The lowest BCUT2D eigenvalue weighted by Crippen LogP contribution is -2.02. The lowest BCUT2D eigenvalue weighted by molar-refractivity contribution is 0.319. The van der Waals surface area contributed by atoms with E-state index in [1.54, 1.807) is 20.0 Å². The molecule has 1 aromatic heterocycles. The van der Waals surface area contributed by atoms with Crippen molar-refractivity contribution in [2.75, 3.05) is 12.3 Å². The standard InChI is InChI=1S/C13H14F2N4O/c1-3-20-12-9(4-10(14)5-11(12)15)6-17-19-7-8(2)18-13(19)16/h4-7H,3H2,1-2H3,(H2,16,18). The Bertz CT molecular complexity index is 652. The Kier molecular flexibility index (Phi) is 3.97. The van der Waals surface area contributed by atoms with Gasteiger partial charge in [0.2, 0.25) is 5.95 Å². The lowest BCUT2D eigenvalue weighted by Gasteiger charge is -2.08. The SMILES string of the molecule is CCOc1c(F)cc(F)cc1C=Nn1cc(C)nc1N. The topological polar surface area (TPSA) is 65.4 Å². The Morgan fingerprint density at radius 2 is 2.20 bits per heavy atom. The van der Waals surface area contributed by atoms with Gasteiger partial charge in [0.05, 0.1) is 24.7 Å². The minimum absolute atomic E-state index is 0.0481. The third-order valence-electron chi connectivity index (χ3n) is 2.48. The molecule has 106 valence electrons. The summed E-state index contributed by atoms with van der Waals surface area (Å²) in [6, 6.07) is 1.90. The van der Waals surface area contributed by atoms with Crippen LogP contribution in [0.5, 0.6) is 5.75 Å². The van der Waals surface area contributed by atoms with Crippen LogP contribution in [-0.4, -0.2) is 22.5 Å². The lowest BCUT2D eigenvalue weighted by atomic mass is 10.2. The van der Waals surface area contributed by atoms with Gasteiger partial charge in [0.25, 0.3) is 0 Å². The third-order valence-corrected chi connectivity index (χ3v) is 2.48. The molecule has 0 unspecified atom stereocenters. The van der Waals surface area contributed by atoms with Crippen molar-refractivity contribution in [3.8, 4) is 5.75 Å². The van der Waals surface area contributed by atoms with Gasteiger partial charge in [-0.25, -0.2) is 18.4 Å². The molecule has 0 fully saturated rings. The zero-order chi connectivity index (χ0) is 14.7. The molecular weight excluding hydrogens is 266 g/mol. The molecule has 0 bridgehead atoms. The van der Waals surface area contributed by atoms with E-state index in [1.165, 1.54) is 10.9 Å². The van der Waals surface area contributed by atoms with E-state index in [-0.39, 0.29) is 23.9 Å². The average Bonchev–Trinajstić information content (AvgIpc) is 2.69. The van der Waals surface area contributed by atoms with Gasteiger partial charge in [-0.2, -0.15) is 5.10 Å². The minimum atomic E-state index is -0.775. The molecule has 1 heterocycles. The largest absolute Gasteiger partial charge is 0.490 e. The summed E-state index contributed by atoms with van der Waals surface area (Å²) in [7, 11) is 0. The van der Waals surface area contributed by atoms with Crippen LogP contribution in [0.15, 0.2) is 23.4 Å². The number of anilines is 1. The second-order valence-corrected chi connectivity index (χ2v) is 4.07. The molecule has 0 aliphatic carbocycles. The second-order valence-electron chi connectivity index (χ2n) is 4.07. The van der Waals surface area contributed by atoms with Crippen molar-refractivity contribution < 1.29 is 13.5 Å². The number of hydrogen-bond donors (Lipinski definition) is 1. The highest BCUT2D eigenvalue weighted by atomic mass is 19.1. The summed E-state index contributed by atoms with van der Waals surface area (Å²) in [6.07, 6.45) is 2.87. The van der Waals surface area contributed by atoms with Crippen molar-refractivity contribution in [1.82, 2.24) is 9.66 Å². The van der Waals surface area contributed by atoms with Crippen molar-refractivity contribution in [3.05, 3.63) is 41.2 Å². The fourth-order valence-corrected chi connectivity index (χ4v) is 1.69. The van der Waals surface area contributed by atoms with Crippen molar-refractivity contribution >= 4 is 12.2 Å². The molecule has 0 saturated heterocycles. The number of aromatic nitrogens is 2. The van der Waals surface area contributed by atoms with E-state index in [2.05, 4.69) is 10.1 Å². The van der Waals surface area contributed by atoms with E-state index in [1.807, 2.05) is 0 Å². The number of ether oxygens (including phenoxy) is 1. The zero-order valence-corrected chi connectivity index (χ0v) is 11.1. The highest BCUT2D eigenvalue weighted by Crippen LogP contribution is 2.23. The molecule has 1 aromatic carbocycles. The molecule has 2 aromatic rings. The molecule has 20 heavy (non-hydrogen) atoms. The van der Waals surface area contributed by atoms with Crippen LogP contribution in [-0.2, 0) is 0 Å². The Labute approximate surface area is 114 Å². The summed E-state index contributed by atoms with van der Waals surface area (Å²) in [5.41, 5.74) is 6.50. The van der Waals surface area contributed by atoms with Crippen molar-refractivity contribution in [1.29, 1.82) is 0 Å². The second kappa shape index (κ2) is 5.68. The molecule has 0 aliphatic rings. The first-order valence-electron chi connectivity index (χ1n) is 5.99. The van der Waals surface area contributed by atoms with Gasteiger partial charge in [0.1, 0.15) is 5.82 Å². The van der Waals surface area contributed by atoms with E-state index >= 15 is 0 Å². The molecule has 0 aliphatic heterocycles. The molecule has 2 N–H and O–H groups in total. The molecule has 0 atom stereocenters. The molecule has 0 radical (unpaired) electrons. The number of aryl methyl sites for hydroxylation is 1. The predicted octanol–water partition coefficient (Wildman–Crippen LogP) is 2.33. The van der Waals surface area contributed by atoms with Gasteiger partial charge >= 0.3 is 0 Å².